The van der Waals surface area contributed by atoms with Crippen LogP contribution in [0, 0.1) is 0 Å². The highest BCUT2D eigenvalue weighted by atomic mass is 35.5. The quantitative estimate of drug-likeness (QED) is 0.435. The number of hydrogen-bond donors (Lipinski definition) is 0. The Morgan fingerprint density at radius 1 is 0.667 bits per heavy atom. The van der Waals surface area contributed by atoms with Gasteiger partial charge in [-0.1, -0.05) is 47.5 Å². The van der Waals surface area contributed by atoms with Gasteiger partial charge in [0, 0.05) is 20.7 Å². The molecule has 0 aliphatic carbocycles. The Kier molecular flexibility index (Phi) is 6.08. The summed E-state index contributed by atoms with van der Waals surface area (Å²) in [4.78, 5) is 1.21. The van der Waals surface area contributed by atoms with Crippen LogP contribution in [0.1, 0.15) is 11.1 Å². The molecule has 0 fully saturated rings. The van der Waals surface area contributed by atoms with Crippen LogP contribution in [0.2, 0.25) is 10.0 Å². The molecule has 4 heteroatoms. The first-order valence-corrected chi connectivity index (χ1v) is 9.28. The Hall–Kier alpha value is -1.61. The average molecular weight is 375 g/mol. The van der Waals surface area contributed by atoms with Crippen molar-refractivity contribution in [2.45, 2.75) is 17.3 Å². The number of hydrogen-bond acceptors (Lipinski definition) is 2. The van der Waals surface area contributed by atoms with Crippen molar-refractivity contribution in [2.75, 3.05) is 0 Å². The zero-order valence-electron chi connectivity index (χ0n) is 12.9. The topological polar surface area (TPSA) is 9.23 Å². The zero-order valence-corrected chi connectivity index (χ0v) is 15.2. The number of benzene rings is 3. The van der Waals surface area contributed by atoms with Crippen LogP contribution in [-0.2, 0) is 12.4 Å². The molecule has 0 aromatic heterocycles. The molecule has 0 spiro atoms. The minimum atomic E-state index is 0.536. The van der Waals surface area contributed by atoms with Crippen LogP contribution >= 0.6 is 35.0 Å². The van der Waals surface area contributed by atoms with Crippen molar-refractivity contribution in [1.29, 1.82) is 0 Å². The molecule has 1 nitrogen and oxygen atoms in total. The fourth-order valence-corrected chi connectivity index (χ4v) is 3.23. The second-order valence-electron chi connectivity index (χ2n) is 5.30. The maximum absolute atomic E-state index is 5.90. The average Bonchev–Trinajstić information content (AvgIpc) is 2.62. The van der Waals surface area contributed by atoms with E-state index >= 15 is 0 Å². The Morgan fingerprint density at radius 2 is 1.21 bits per heavy atom. The molecule has 0 unspecified atom stereocenters. The van der Waals surface area contributed by atoms with Crippen molar-refractivity contribution in [2.24, 2.45) is 0 Å². The second kappa shape index (κ2) is 8.48. The van der Waals surface area contributed by atoms with E-state index in [1.54, 1.807) is 11.8 Å². The number of ether oxygens (including phenoxy) is 1. The monoisotopic (exact) mass is 374 g/mol. The molecular formula is C20H16Cl2OS. The Balaban J connectivity index is 1.51. The summed E-state index contributed by atoms with van der Waals surface area (Å²) in [5.74, 6) is 1.78. The fraction of sp³-hybridized carbons (Fsp3) is 0.100. The molecule has 122 valence electrons. The predicted molar refractivity (Wildman–Crippen MR) is 103 cm³/mol. The van der Waals surface area contributed by atoms with E-state index in [2.05, 4.69) is 24.3 Å². The minimum Gasteiger partial charge on any atom is -0.489 e. The summed E-state index contributed by atoms with van der Waals surface area (Å²) < 4.78 is 5.80. The fourth-order valence-electron chi connectivity index (χ4n) is 2.13. The lowest BCUT2D eigenvalue weighted by atomic mass is 10.2. The van der Waals surface area contributed by atoms with E-state index in [9.17, 15) is 0 Å². The van der Waals surface area contributed by atoms with Gasteiger partial charge < -0.3 is 4.74 Å². The Morgan fingerprint density at radius 3 is 1.79 bits per heavy atom. The molecule has 0 bridgehead atoms. The Labute approximate surface area is 156 Å². The van der Waals surface area contributed by atoms with Gasteiger partial charge in [0.25, 0.3) is 0 Å². The summed E-state index contributed by atoms with van der Waals surface area (Å²) in [6.45, 7) is 0.536. The van der Waals surface area contributed by atoms with Crippen molar-refractivity contribution in [3.05, 3.63) is 94.0 Å². The number of rotatable bonds is 6. The van der Waals surface area contributed by atoms with Crippen molar-refractivity contribution in [3.63, 3.8) is 0 Å². The molecule has 0 aliphatic heterocycles. The lowest BCUT2D eigenvalue weighted by Gasteiger charge is -2.08. The predicted octanol–water partition coefficient (Wildman–Crippen LogP) is 6.86. The van der Waals surface area contributed by atoms with Gasteiger partial charge in [-0.25, -0.2) is 0 Å². The van der Waals surface area contributed by atoms with Gasteiger partial charge in [-0.3, -0.25) is 0 Å². The molecule has 0 saturated carbocycles. The molecule has 0 amide bonds. The largest absolute Gasteiger partial charge is 0.489 e. The van der Waals surface area contributed by atoms with Crippen molar-refractivity contribution in [1.82, 2.24) is 0 Å². The van der Waals surface area contributed by atoms with E-state index in [-0.39, 0.29) is 0 Å². The van der Waals surface area contributed by atoms with Gasteiger partial charge in [-0.15, -0.1) is 11.8 Å². The highest BCUT2D eigenvalue weighted by Crippen LogP contribution is 2.26. The SMILES string of the molecule is Clc1ccc(COc2ccc(SCc3ccc(Cl)cc3)cc2)cc1. The lowest BCUT2D eigenvalue weighted by Crippen LogP contribution is -1.94. The highest BCUT2D eigenvalue weighted by Gasteiger charge is 2.00. The van der Waals surface area contributed by atoms with E-state index in [1.807, 2.05) is 48.5 Å². The van der Waals surface area contributed by atoms with Crippen LogP contribution in [0.5, 0.6) is 5.75 Å². The molecule has 3 aromatic rings. The highest BCUT2D eigenvalue weighted by molar-refractivity contribution is 7.98. The summed E-state index contributed by atoms with van der Waals surface area (Å²) in [6, 6.07) is 23.8. The first-order chi connectivity index (χ1) is 11.7. The third kappa shape index (κ3) is 5.20. The molecule has 0 radical (unpaired) electrons. The molecule has 0 saturated heterocycles. The van der Waals surface area contributed by atoms with Gasteiger partial charge in [0.1, 0.15) is 12.4 Å². The van der Waals surface area contributed by atoms with Crippen LogP contribution in [0.4, 0.5) is 0 Å². The van der Waals surface area contributed by atoms with Crippen LogP contribution < -0.4 is 4.74 Å². The van der Waals surface area contributed by atoms with E-state index in [1.165, 1.54) is 10.5 Å². The first-order valence-electron chi connectivity index (χ1n) is 7.53. The molecule has 3 rings (SSSR count). The number of halogens is 2. The van der Waals surface area contributed by atoms with Gasteiger partial charge in [0.15, 0.2) is 0 Å². The molecule has 0 atom stereocenters. The standard InChI is InChI=1S/C20H16Cl2OS/c21-17-5-1-15(2-6-17)13-23-19-9-11-20(12-10-19)24-14-16-3-7-18(22)8-4-16/h1-12H,13-14H2. The maximum atomic E-state index is 5.90. The normalized spacial score (nSPS) is 10.6. The minimum absolute atomic E-state index is 0.536. The van der Waals surface area contributed by atoms with Crippen molar-refractivity contribution >= 4 is 35.0 Å². The van der Waals surface area contributed by atoms with Crippen LogP contribution in [0.15, 0.2) is 77.7 Å². The molecule has 0 N–H and O–H groups in total. The van der Waals surface area contributed by atoms with Crippen LogP contribution in [0.3, 0.4) is 0 Å². The van der Waals surface area contributed by atoms with Gasteiger partial charge in [-0.2, -0.15) is 0 Å². The summed E-state index contributed by atoms with van der Waals surface area (Å²) >= 11 is 13.6. The third-order valence-corrected chi connectivity index (χ3v) is 5.05. The summed E-state index contributed by atoms with van der Waals surface area (Å²) in [5.41, 5.74) is 2.35. The van der Waals surface area contributed by atoms with E-state index in [4.69, 9.17) is 27.9 Å². The third-order valence-electron chi connectivity index (χ3n) is 3.46. The molecule has 24 heavy (non-hydrogen) atoms. The maximum Gasteiger partial charge on any atom is 0.119 e. The van der Waals surface area contributed by atoms with E-state index < -0.39 is 0 Å². The van der Waals surface area contributed by atoms with Gasteiger partial charge in [0.2, 0.25) is 0 Å². The number of thioether (sulfide) groups is 1. The summed E-state index contributed by atoms with van der Waals surface area (Å²) in [7, 11) is 0. The van der Waals surface area contributed by atoms with Gasteiger partial charge in [-0.05, 0) is 59.7 Å². The van der Waals surface area contributed by atoms with Gasteiger partial charge >= 0.3 is 0 Å². The summed E-state index contributed by atoms with van der Waals surface area (Å²) in [5, 5.41) is 1.51. The van der Waals surface area contributed by atoms with Crippen molar-refractivity contribution < 1.29 is 4.74 Å². The molecular weight excluding hydrogens is 359 g/mol. The van der Waals surface area contributed by atoms with Crippen LogP contribution in [0.25, 0.3) is 0 Å². The lowest BCUT2D eigenvalue weighted by molar-refractivity contribution is 0.306. The Bertz CT molecular complexity index is 700. The zero-order chi connectivity index (χ0) is 16.8. The van der Waals surface area contributed by atoms with Gasteiger partial charge in [0.05, 0.1) is 0 Å². The van der Waals surface area contributed by atoms with Crippen LogP contribution in [-0.4, -0.2) is 0 Å². The summed E-state index contributed by atoms with van der Waals surface area (Å²) in [6.07, 6.45) is 0. The molecule has 0 aliphatic rings. The first kappa shape index (κ1) is 17.2. The van der Waals surface area contributed by atoms with E-state index in [0.29, 0.717) is 6.61 Å². The molecule has 0 heterocycles. The molecule has 3 aromatic carbocycles. The van der Waals surface area contributed by atoms with E-state index in [0.717, 1.165) is 27.1 Å². The second-order valence-corrected chi connectivity index (χ2v) is 7.22. The van der Waals surface area contributed by atoms with Crippen molar-refractivity contribution in [3.8, 4) is 5.75 Å². The smallest absolute Gasteiger partial charge is 0.119 e.